The van der Waals surface area contributed by atoms with Crippen LogP contribution in [-0.2, 0) is 20.6 Å². The number of hydrogen-bond donors (Lipinski definition) is 2. The summed E-state index contributed by atoms with van der Waals surface area (Å²) in [5.74, 6) is -1.14. The lowest BCUT2D eigenvalue weighted by Gasteiger charge is -2.06. The molecular weight excluding hydrogens is 268 g/mol. The molecule has 1 aromatic carbocycles. The Morgan fingerprint density at radius 1 is 1.32 bits per heavy atom. The standard InChI is InChI=1S/C12H14N2O4S/c13-8-10-3-5-11(6-4-10)9-19(17,18)14-7-1-2-12(15)16/h3-6,14H,1-2,7,9H2,(H,15,16). The number of aliphatic carboxylic acids is 1. The van der Waals surface area contributed by atoms with Crippen molar-refractivity contribution in [3.05, 3.63) is 35.4 Å². The maximum Gasteiger partial charge on any atom is 0.303 e. The lowest BCUT2D eigenvalue weighted by atomic mass is 10.2. The van der Waals surface area contributed by atoms with E-state index in [2.05, 4.69) is 4.72 Å². The van der Waals surface area contributed by atoms with E-state index in [1.54, 1.807) is 24.3 Å². The van der Waals surface area contributed by atoms with E-state index in [0.29, 0.717) is 11.1 Å². The molecule has 0 aliphatic carbocycles. The summed E-state index contributed by atoms with van der Waals surface area (Å²) >= 11 is 0. The Bertz CT molecular complexity index is 573. The molecule has 0 spiro atoms. The topological polar surface area (TPSA) is 107 Å². The van der Waals surface area contributed by atoms with Crippen LogP contribution in [-0.4, -0.2) is 26.0 Å². The molecule has 0 atom stereocenters. The van der Waals surface area contributed by atoms with Crippen molar-refractivity contribution < 1.29 is 18.3 Å². The average molecular weight is 282 g/mol. The Morgan fingerprint density at radius 3 is 2.47 bits per heavy atom. The zero-order valence-corrected chi connectivity index (χ0v) is 11.0. The van der Waals surface area contributed by atoms with Gasteiger partial charge in [-0.15, -0.1) is 0 Å². The second kappa shape index (κ2) is 6.87. The fraction of sp³-hybridized carbons (Fsp3) is 0.333. The van der Waals surface area contributed by atoms with Crippen molar-refractivity contribution in [2.24, 2.45) is 0 Å². The van der Waals surface area contributed by atoms with Gasteiger partial charge >= 0.3 is 5.97 Å². The predicted molar refractivity (Wildman–Crippen MR) is 68.7 cm³/mol. The lowest BCUT2D eigenvalue weighted by Crippen LogP contribution is -2.26. The van der Waals surface area contributed by atoms with E-state index in [-0.39, 0.29) is 25.1 Å². The van der Waals surface area contributed by atoms with Gasteiger partial charge in [0.1, 0.15) is 0 Å². The Balaban J connectivity index is 2.49. The highest BCUT2D eigenvalue weighted by atomic mass is 32.2. The zero-order valence-electron chi connectivity index (χ0n) is 10.2. The second-order valence-electron chi connectivity index (χ2n) is 3.96. The zero-order chi connectivity index (χ0) is 14.3. The first-order valence-corrected chi connectivity index (χ1v) is 7.26. The Hall–Kier alpha value is -1.91. The van der Waals surface area contributed by atoms with Crippen LogP contribution in [0.3, 0.4) is 0 Å². The highest BCUT2D eigenvalue weighted by Crippen LogP contribution is 2.07. The van der Waals surface area contributed by atoms with Gasteiger partial charge in [-0.25, -0.2) is 13.1 Å². The number of hydrogen-bond acceptors (Lipinski definition) is 4. The van der Waals surface area contributed by atoms with Crippen LogP contribution in [0.1, 0.15) is 24.0 Å². The largest absolute Gasteiger partial charge is 0.481 e. The van der Waals surface area contributed by atoms with Crippen molar-refractivity contribution in [3.63, 3.8) is 0 Å². The first kappa shape index (κ1) is 15.1. The number of rotatable bonds is 7. The normalized spacial score (nSPS) is 10.9. The quantitative estimate of drug-likeness (QED) is 0.721. The summed E-state index contributed by atoms with van der Waals surface area (Å²) in [5.41, 5.74) is 1.04. The Kier molecular flexibility index (Phi) is 5.48. The van der Waals surface area contributed by atoms with Gasteiger partial charge in [0.05, 0.1) is 17.4 Å². The molecule has 0 saturated heterocycles. The molecule has 1 rings (SSSR count). The van der Waals surface area contributed by atoms with Crippen molar-refractivity contribution in [1.82, 2.24) is 4.72 Å². The number of carboxylic acids is 1. The number of nitrogens with one attached hydrogen (secondary N) is 1. The van der Waals surface area contributed by atoms with Crippen LogP contribution in [0, 0.1) is 11.3 Å². The van der Waals surface area contributed by atoms with E-state index in [1.807, 2.05) is 6.07 Å². The number of carboxylic acid groups (broad SMARTS) is 1. The molecule has 0 aliphatic rings. The van der Waals surface area contributed by atoms with Gasteiger partial charge in [0.25, 0.3) is 0 Å². The van der Waals surface area contributed by atoms with Crippen LogP contribution < -0.4 is 4.72 Å². The van der Waals surface area contributed by atoms with Gasteiger partial charge in [0.2, 0.25) is 10.0 Å². The SMILES string of the molecule is N#Cc1ccc(CS(=O)(=O)NCCCC(=O)O)cc1. The highest BCUT2D eigenvalue weighted by Gasteiger charge is 2.11. The molecule has 0 unspecified atom stereocenters. The summed E-state index contributed by atoms with van der Waals surface area (Å²) in [4.78, 5) is 10.3. The third kappa shape index (κ3) is 5.99. The van der Waals surface area contributed by atoms with Gasteiger partial charge in [-0.05, 0) is 24.1 Å². The summed E-state index contributed by atoms with van der Waals surface area (Å²) < 4.78 is 25.7. The molecule has 102 valence electrons. The van der Waals surface area contributed by atoms with Crippen LogP contribution in [0.2, 0.25) is 0 Å². The molecule has 0 heterocycles. The van der Waals surface area contributed by atoms with Crippen molar-refractivity contribution in [2.75, 3.05) is 6.54 Å². The molecular formula is C12H14N2O4S. The van der Waals surface area contributed by atoms with Crippen LogP contribution in [0.15, 0.2) is 24.3 Å². The maximum atomic E-state index is 11.7. The van der Waals surface area contributed by atoms with Crippen molar-refractivity contribution in [3.8, 4) is 6.07 Å². The minimum Gasteiger partial charge on any atom is -0.481 e. The van der Waals surface area contributed by atoms with Crippen LogP contribution in [0.25, 0.3) is 0 Å². The van der Waals surface area contributed by atoms with Gasteiger partial charge in [-0.2, -0.15) is 5.26 Å². The molecule has 0 fully saturated rings. The third-order valence-electron chi connectivity index (χ3n) is 2.33. The summed E-state index contributed by atoms with van der Waals surface area (Å²) in [7, 11) is -3.48. The third-order valence-corrected chi connectivity index (χ3v) is 3.69. The highest BCUT2D eigenvalue weighted by molar-refractivity contribution is 7.88. The minimum absolute atomic E-state index is 0.0701. The molecule has 0 aliphatic heterocycles. The smallest absolute Gasteiger partial charge is 0.303 e. The monoisotopic (exact) mass is 282 g/mol. The summed E-state index contributed by atoms with van der Waals surface area (Å²) in [5, 5.41) is 17.0. The summed E-state index contributed by atoms with van der Waals surface area (Å²) in [6.45, 7) is 0.102. The molecule has 1 aromatic rings. The molecule has 6 nitrogen and oxygen atoms in total. The van der Waals surface area contributed by atoms with Gasteiger partial charge < -0.3 is 5.11 Å². The van der Waals surface area contributed by atoms with Crippen LogP contribution in [0.4, 0.5) is 0 Å². The van der Waals surface area contributed by atoms with Crippen molar-refractivity contribution in [1.29, 1.82) is 5.26 Å². The molecule has 2 N–H and O–H groups in total. The summed E-state index contributed by atoms with van der Waals surface area (Å²) in [6, 6.07) is 8.21. The molecule has 0 aromatic heterocycles. The first-order chi connectivity index (χ1) is 8.93. The number of nitrogens with zero attached hydrogens (tertiary/aromatic N) is 1. The molecule has 7 heteroatoms. The molecule has 0 radical (unpaired) electrons. The van der Waals surface area contributed by atoms with E-state index in [4.69, 9.17) is 10.4 Å². The lowest BCUT2D eigenvalue weighted by molar-refractivity contribution is -0.137. The van der Waals surface area contributed by atoms with Crippen molar-refractivity contribution in [2.45, 2.75) is 18.6 Å². The van der Waals surface area contributed by atoms with Crippen LogP contribution >= 0.6 is 0 Å². The molecule has 0 bridgehead atoms. The number of sulfonamides is 1. The van der Waals surface area contributed by atoms with E-state index in [0.717, 1.165) is 0 Å². The predicted octanol–water partition coefficient (Wildman–Crippen LogP) is 0.842. The van der Waals surface area contributed by atoms with Gasteiger partial charge in [-0.3, -0.25) is 4.79 Å². The van der Waals surface area contributed by atoms with Crippen LogP contribution in [0.5, 0.6) is 0 Å². The Labute approximate surface area is 111 Å². The Morgan fingerprint density at radius 2 is 1.95 bits per heavy atom. The van der Waals surface area contributed by atoms with E-state index >= 15 is 0 Å². The fourth-order valence-corrected chi connectivity index (χ4v) is 2.60. The number of nitriles is 1. The second-order valence-corrected chi connectivity index (χ2v) is 5.77. The summed E-state index contributed by atoms with van der Waals surface area (Å²) in [6.07, 6.45) is 0.182. The molecule has 0 amide bonds. The fourth-order valence-electron chi connectivity index (χ4n) is 1.41. The van der Waals surface area contributed by atoms with E-state index in [9.17, 15) is 13.2 Å². The first-order valence-electron chi connectivity index (χ1n) is 5.61. The maximum absolute atomic E-state index is 11.7. The van der Waals surface area contributed by atoms with E-state index in [1.165, 1.54) is 0 Å². The molecule has 19 heavy (non-hydrogen) atoms. The average Bonchev–Trinajstić information content (AvgIpc) is 2.35. The van der Waals surface area contributed by atoms with Crippen molar-refractivity contribution >= 4 is 16.0 Å². The van der Waals surface area contributed by atoms with Gasteiger partial charge in [0.15, 0.2) is 0 Å². The number of carbonyl (C=O) groups is 1. The number of benzene rings is 1. The van der Waals surface area contributed by atoms with Gasteiger partial charge in [0, 0.05) is 13.0 Å². The van der Waals surface area contributed by atoms with E-state index < -0.39 is 16.0 Å². The molecule has 0 saturated carbocycles. The van der Waals surface area contributed by atoms with Gasteiger partial charge in [-0.1, -0.05) is 12.1 Å². The minimum atomic E-state index is -3.48.